The van der Waals surface area contributed by atoms with Crippen molar-refractivity contribution >= 4 is 5.97 Å². The van der Waals surface area contributed by atoms with Gasteiger partial charge in [0.05, 0.1) is 18.4 Å². The second kappa shape index (κ2) is 4.06. The van der Waals surface area contributed by atoms with Crippen LogP contribution in [0.1, 0.15) is 45.4 Å². The van der Waals surface area contributed by atoms with Crippen LogP contribution in [0.4, 0.5) is 0 Å². The lowest BCUT2D eigenvalue weighted by atomic mass is 9.50. The highest BCUT2D eigenvalue weighted by Crippen LogP contribution is 2.90. The Balaban J connectivity index is 1.89. The van der Waals surface area contributed by atoms with Crippen molar-refractivity contribution < 1.29 is 14.5 Å². The van der Waals surface area contributed by atoms with Crippen molar-refractivity contribution in [3.8, 4) is 0 Å². The van der Waals surface area contributed by atoms with E-state index in [-0.39, 0.29) is 34.7 Å². The second-order valence-corrected chi connectivity index (χ2v) is 6.73. The van der Waals surface area contributed by atoms with Crippen molar-refractivity contribution in [1.82, 2.24) is 0 Å². The van der Waals surface area contributed by atoms with E-state index < -0.39 is 5.41 Å². The number of ether oxygens (including phenoxy) is 1. The molecule has 3 rings (SSSR count). The van der Waals surface area contributed by atoms with Crippen LogP contribution in [0.25, 0.3) is 0 Å². The van der Waals surface area contributed by atoms with Gasteiger partial charge in [0.25, 0.3) is 0 Å². The van der Waals surface area contributed by atoms with Crippen LogP contribution < -0.4 is 0 Å². The molecule has 5 heteroatoms. The van der Waals surface area contributed by atoms with Crippen molar-refractivity contribution in [2.45, 2.75) is 45.4 Å². The number of carbonyl (C=O) groups excluding carboxylic acids is 1. The van der Waals surface area contributed by atoms with Gasteiger partial charge >= 0.3 is 5.97 Å². The highest BCUT2D eigenvalue weighted by Gasteiger charge is 2.84. The highest BCUT2D eigenvalue weighted by atomic mass is 16.6. The zero-order valence-corrected chi connectivity index (χ0v) is 11.9. The summed E-state index contributed by atoms with van der Waals surface area (Å²) in [6, 6.07) is 0. The van der Waals surface area contributed by atoms with E-state index in [1.807, 2.05) is 0 Å². The number of nitrogens with zero attached hydrogens (tertiary/aromatic N) is 1. The van der Waals surface area contributed by atoms with Gasteiger partial charge < -0.3 is 4.74 Å². The number of hydrogen-bond acceptors (Lipinski definition) is 4. The second-order valence-electron chi connectivity index (χ2n) is 6.73. The minimum absolute atomic E-state index is 0.0326. The summed E-state index contributed by atoms with van der Waals surface area (Å²) in [7, 11) is 0. The summed E-state index contributed by atoms with van der Waals surface area (Å²) in [6.45, 7) is 6.12. The number of allylic oxidation sites excluding steroid dienone is 1. The van der Waals surface area contributed by atoms with Gasteiger partial charge in [-0.05, 0) is 43.4 Å². The molecule has 0 heterocycles. The first-order valence-corrected chi connectivity index (χ1v) is 7.37. The van der Waals surface area contributed by atoms with E-state index in [1.165, 1.54) is 5.57 Å². The van der Waals surface area contributed by atoms with Crippen LogP contribution in [-0.2, 0) is 9.53 Å². The molecular weight excluding hydrogens is 258 g/mol. The Morgan fingerprint density at radius 3 is 2.85 bits per heavy atom. The summed E-state index contributed by atoms with van der Waals surface area (Å²) < 4.78 is 5.06. The van der Waals surface area contributed by atoms with Crippen LogP contribution in [0.3, 0.4) is 0 Å². The third-order valence-electron chi connectivity index (χ3n) is 6.08. The molecule has 0 spiro atoms. The lowest BCUT2D eigenvalue weighted by Gasteiger charge is -2.52. The summed E-state index contributed by atoms with van der Waals surface area (Å²) in [5.74, 6) is -0.288. The third-order valence-corrected chi connectivity index (χ3v) is 6.08. The lowest BCUT2D eigenvalue weighted by Crippen LogP contribution is -2.51. The van der Waals surface area contributed by atoms with Gasteiger partial charge in [-0.1, -0.05) is 18.6 Å². The maximum Gasteiger partial charge on any atom is 0.306 e. The summed E-state index contributed by atoms with van der Waals surface area (Å²) in [5, 5.41) is 11.2. The van der Waals surface area contributed by atoms with E-state index in [4.69, 9.17) is 4.74 Å². The van der Waals surface area contributed by atoms with Crippen molar-refractivity contribution in [2.75, 3.05) is 13.2 Å². The van der Waals surface area contributed by atoms with Gasteiger partial charge in [-0.15, -0.1) is 0 Å². The Hall–Kier alpha value is -1.39. The number of rotatable bonds is 5. The van der Waals surface area contributed by atoms with Gasteiger partial charge in [-0.25, -0.2) is 0 Å². The normalized spacial score (nSPS) is 41.1. The molecule has 0 aromatic rings. The van der Waals surface area contributed by atoms with Crippen LogP contribution in [0.5, 0.6) is 0 Å². The smallest absolute Gasteiger partial charge is 0.306 e. The van der Waals surface area contributed by atoms with Gasteiger partial charge in [0.2, 0.25) is 6.54 Å². The van der Waals surface area contributed by atoms with E-state index in [1.54, 1.807) is 6.92 Å². The molecule has 1 unspecified atom stereocenters. The third kappa shape index (κ3) is 1.46. The molecule has 110 valence electrons. The zero-order valence-electron chi connectivity index (χ0n) is 11.9. The van der Waals surface area contributed by atoms with E-state index in [9.17, 15) is 14.9 Å². The van der Waals surface area contributed by atoms with Crippen molar-refractivity contribution in [1.29, 1.82) is 0 Å². The van der Waals surface area contributed by atoms with Crippen LogP contribution >= 0.6 is 0 Å². The molecule has 0 radical (unpaired) electrons. The predicted molar refractivity (Wildman–Crippen MR) is 72.6 cm³/mol. The summed E-state index contributed by atoms with van der Waals surface area (Å²) in [5.41, 5.74) is 0.819. The van der Waals surface area contributed by atoms with Crippen molar-refractivity contribution in [3.05, 3.63) is 22.3 Å². The van der Waals surface area contributed by atoms with Crippen LogP contribution in [0, 0.1) is 26.4 Å². The average Bonchev–Trinajstić information content (AvgIpc) is 2.93. The molecule has 5 nitrogen and oxygen atoms in total. The molecule has 0 amide bonds. The molecule has 20 heavy (non-hydrogen) atoms. The molecule has 0 saturated heterocycles. The Morgan fingerprint density at radius 2 is 2.25 bits per heavy atom. The fourth-order valence-corrected chi connectivity index (χ4v) is 5.23. The largest absolute Gasteiger partial charge is 0.466 e. The van der Waals surface area contributed by atoms with Crippen LogP contribution in [-0.4, -0.2) is 24.0 Å². The van der Waals surface area contributed by atoms with Crippen LogP contribution in [0.2, 0.25) is 0 Å². The fraction of sp³-hybridized carbons (Fsp3) is 0.800. The lowest BCUT2D eigenvalue weighted by molar-refractivity contribution is -0.503. The molecule has 0 aliphatic heterocycles. The SMILES string of the molecule is C=C1C[C@@]23C[C@@]12CCCC3(CC(=O)OCC)C[N+](=O)[O-]. The highest BCUT2D eigenvalue weighted by molar-refractivity contribution is 5.71. The Kier molecular flexibility index (Phi) is 2.76. The van der Waals surface area contributed by atoms with Crippen molar-refractivity contribution in [2.24, 2.45) is 16.2 Å². The predicted octanol–water partition coefficient (Wildman–Crippen LogP) is 2.72. The molecule has 0 aromatic heterocycles. The molecule has 0 N–H and O–H groups in total. The summed E-state index contributed by atoms with van der Waals surface area (Å²) in [4.78, 5) is 22.9. The monoisotopic (exact) mass is 279 g/mol. The summed E-state index contributed by atoms with van der Waals surface area (Å²) >= 11 is 0. The fourth-order valence-electron chi connectivity index (χ4n) is 5.23. The van der Waals surface area contributed by atoms with E-state index >= 15 is 0 Å². The van der Waals surface area contributed by atoms with Gasteiger partial charge in [0.15, 0.2) is 0 Å². The van der Waals surface area contributed by atoms with Gasteiger partial charge in [0, 0.05) is 4.92 Å². The molecule has 3 aliphatic carbocycles. The van der Waals surface area contributed by atoms with E-state index in [0.717, 1.165) is 32.1 Å². The van der Waals surface area contributed by atoms with E-state index in [0.29, 0.717) is 6.61 Å². The Bertz CT molecular complexity index is 502. The maximum atomic E-state index is 11.9. The number of hydrogen-bond donors (Lipinski definition) is 0. The van der Waals surface area contributed by atoms with Crippen molar-refractivity contribution in [3.63, 3.8) is 0 Å². The van der Waals surface area contributed by atoms with Gasteiger partial charge in [-0.3, -0.25) is 14.9 Å². The first-order valence-electron chi connectivity index (χ1n) is 7.37. The van der Waals surface area contributed by atoms with E-state index in [2.05, 4.69) is 6.58 Å². The maximum absolute atomic E-state index is 11.9. The molecule has 0 aromatic carbocycles. The summed E-state index contributed by atoms with van der Waals surface area (Å²) in [6.07, 6.45) is 4.85. The standard InChI is InChI=1S/C15H21NO4/c1-3-20-12(17)8-13(10-16(18)19)5-4-6-14-9-15(13,14)7-11(14)2/h2-10H2,1H3/t13?,14-,15-/m0/s1. The molecule has 3 atom stereocenters. The minimum atomic E-state index is -0.512. The minimum Gasteiger partial charge on any atom is -0.466 e. The number of nitro groups is 1. The molecular formula is C15H21NO4. The zero-order chi connectivity index (χ0) is 14.6. The average molecular weight is 279 g/mol. The number of carbonyl (C=O) groups is 1. The molecule has 3 saturated carbocycles. The quantitative estimate of drug-likeness (QED) is 0.336. The first kappa shape index (κ1) is 13.6. The molecule has 0 bridgehead atoms. The van der Waals surface area contributed by atoms with Crippen LogP contribution in [0.15, 0.2) is 12.2 Å². The Labute approximate surface area is 118 Å². The Morgan fingerprint density at radius 1 is 1.50 bits per heavy atom. The van der Waals surface area contributed by atoms with Gasteiger partial charge in [-0.2, -0.15) is 0 Å². The van der Waals surface area contributed by atoms with Gasteiger partial charge in [0.1, 0.15) is 0 Å². The first-order chi connectivity index (χ1) is 9.41. The molecule has 3 aliphatic rings. The molecule has 3 fully saturated rings. The topological polar surface area (TPSA) is 69.4 Å². The number of esters is 1.